The summed E-state index contributed by atoms with van der Waals surface area (Å²) in [7, 11) is 0. The van der Waals surface area contributed by atoms with E-state index in [0.717, 1.165) is 54.3 Å². The van der Waals surface area contributed by atoms with E-state index in [9.17, 15) is 4.39 Å². The van der Waals surface area contributed by atoms with E-state index in [1.54, 1.807) is 6.07 Å². The van der Waals surface area contributed by atoms with Gasteiger partial charge in [0.2, 0.25) is 0 Å². The van der Waals surface area contributed by atoms with Crippen molar-refractivity contribution in [2.45, 2.75) is 90.9 Å². The van der Waals surface area contributed by atoms with Crippen LogP contribution < -0.4 is 0 Å². The van der Waals surface area contributed by atoms with Gasteiger partial charge in [-0.2, -0.15) is 0 Å². The molecular formula is C27H38FN. The fraction of sp³-hybridized carbons (Fsp3) is 0.593. The smallest absolute Gasteiger partial charge is 0.127 e. The molecule has 1 saturated carbocycles. The summed E-state index contributed by atoms with van der Waals surface area (Å²) in [5, 5.41) is 0. The molecule has 0 radical (unpaired) electrons. The molecule has 1 heterocycles. The zero-order valence-corrected chi connectivity index (χ0v) is 18.4. The van der Waals surface area contributed by atoms with Crippen LogP contribution in [0.25, 0.3) is 11.3 Å². The number of benzene rings is 1. The second-order valence-corrected chi connectivity index (χ2v) is 9.03. The highest BCUT2D eigenvalue weighted by atomic mass is 19.1. The van der Waals surface area contributed by atoms with Crippen LogP contribution in [0.4, 0.5) is 4.39 Å². The standard InChI is InChI=1S/C27H38FN/c1-3-5-6-8-21-9-11-22(12-10-21)13-15-24-16-17-25(19-26(24)28)27-18-14-23(7-4-2)20-29-27/h14,16-22H,3-13,15H2,1-2H3/t21-,22-. The molecular weight excluding hydrogens is 357 g/mol. The molecule has 1 aromatic heterocycles. The number of rotatable bonds is 10. The highest BCUT2D eigenvalue weighted by Crippen LogP contribution is 2.34. The average molecular weight is 396 g/mol. The van der Waals surface area contributed by atoms with Crippen molar-refractivity contribution in [3.63, 3.8) is 0 Å². The van der Waals surface area contributed by atoms with E-state index in [-0.39, 0.29) is 5.82 Å². The molecule has 3 rings (SSSR count). The van der Waals surface area contributed by atoms with Crippen molar-refractivity contribution in [2.75, 3.05) is 0 Å². The monoisotopic (exact) mass is 395 g/mol. The van der Waals surface area contributed by atoms with Crippen molar-refractivity contribution in [3.05, 3.63) is 53.5 Å². The maximum atomic E-state index is 14.7. The molecule has 1 fully saturated rings. The Hall–Kier alpha value is -1.70. The van der Waals surface area contributed by atoms with Crippen molar-refractivity contribution in [2.24, 2.45) is 11.8 Å². The minimum atomic E-state index is -0.0739. The predicted molar refractivity (Wildman–Crippen MR) is 122 cm³/mol. The summed E-state index contributed by atoms with van der Waals surface area (Å²) in [4.78, 5) is 4.52. The van der Waals surface area contributed by atoms with E-state index < -0.39 is 0 Å². The Kier molecular flexibility index (Phi) is 8.70. The van der Waals surface area contributed by atoms with Gasteiger partial charge in [-0.25, -0.2) is 4.39 Å². The summed E-state index contributed by atoms with van der Waals surface area (Å²) >= 11 is 0. The topological polar surface area (TPSA) is 12.9 Å². The molecule has 0 N–H and O–H groups in total. The van der Waals surface area contributed by atoms with Gasteiger partial charge in [0.1, 0.15) is 5.82 Å². The van der Waals surface area contributed by atoms with E-state index in [1.165, 1.54) is 56.9 Å². The van der Waals surface area contributed by atoms with Crippen LogP contribution in [0.5, 0.6) is 0 Å². The Labute approximate surface area is 177 Å². The minimum absolute atomic E-state index is 0.0739. The molecule has 158 valence electrons. The van der Waals surface area contributed by atoms with Gasteiger partial charge in [-0.3, -0.25) is 4.98 Å². The number of aromatic nitrogens is 1. The molecule has 0 amide bonds. The number of unbranched alkanes of at least 4 members (excludes halogenated alkanes) is 2. The van der Waals surface area contributed by atoms with Gasteiger partial charge in [-0.05, 0) is 54.4 Å². The van der Waals surface area contributed by atoms with Crippen LogP contribution in [-0.4, -0.2) is 4.98 Å². The van der Waals surface area contributed by atoms with Crippen LogP contribution in [0.15, 0.2) is 36.5 Å². The van der Waals surface area contributed by atoms with Gasteiger partial charge in [0.15, 0.2) is 0 Å². The Morgan fingerprint density at radius 2 is 1.62 bits per heavy atom. The fourth-order valence-electron chi connectivity index (χ4n) is 4.79. The second kappa shape index (κ2) is 11.5. The maximum absolute atomic E-state index is 14.7. The van der Waals surface area contributed by atoms with Crippen LogP contribution in [0.3, 0.4) is 0 Å². The van der Waals surface area contributed by atoms with Crippen molar-refractivity contribution in [1.82, 2.24) is 4.98 Å². The highest BCUT2D eigenvalue weighted by Gasteiger charge is 2.21. The van der Waals surface area contributed by atoms with E-state index in [2.05, 4.69) is 24.9 Å². The lowest BCUT2D eigenvalue weighted by atomic mass is 9.77. The summed E-state index contributed by atoms with van der Waals surface area (Å²) in [5.41, 5.74) is 3.84. The van der Waals surface area contributed by atoms with Crippen LogP contribution in [0, 0.1) is 17.7 Å². The molecule has 0 saturated heterocycles. The first-order valence-corrected chi connectivity index (χ1v) is 11.9. The quantitative estimate of drug-likeness (QED) is 0.370. The normalized spacial score (nSPS) is 19.4. The van der Waals surface area contributed by atoms with E-state index >= 15 is 0 Å². The van der Waals surface area contributed by atoms with Crippen LogP contribution in [0.1, 0.15) is 89.2 Å². The van der Waals surface area contributed by atoms with Crippen LogP contribution in [-0.2, 0) is 12.8 Å². The summed E-state index contributed by atoms with van der Waals surface area (Å²) in [6.45, 7) is 4.45. The summed E-state index contributed by atoms with van der Waals surface area (Å²) in [6, 6.07) is 9.80. The van der Waals surface area contributed by atoms with Crippen molar-refractivity contribution >= 4 is 0 Å². The third-order valence-corrected chi connectivity index (χ3v) is 6.72. The fourth-order valence-corrected chi connectivity index (χ4v) is 4.79. The first-order chi connectivity index (χ1) is 14.2. The lowest BCUT2D eigenvalue weighted by Gasteiger charge is -2.28. The number of aryl methyl sites for hydroxylation is 2. The Bertz CT molecular complexity index is 729. The summed E-state index contributed by atoms with van der Waals surface area (Å²) in [6.07, 6.45) is 17.0. The molecule has 1 aliphatic rings. The molecule has 29 heavy (non-hydrogen) atoms. The van der Waals surface area contributed by atoms with Gasteiger partial charge >= 0.3 is 0 Å². The zero-order valence-electron chi connectivity index (χ0n) is 18.4. The summed E-state index contributed by atoms with van der Waals surface area (Å²) in [5.74, 6) is 1.66. The molecule has 0 unspecified atom stereocenters. The van der Waals surface area contributed by atoms with Gasteiger partial charge in [-0.15, -0.1) is 0 Å². The SMILES string of the molecule is CCCCC[C@H]1CC[C@H](CCc2ccc(-c3ccc(CCC)cn3)cc2F)CC1. The second-order valence-electron chi connectivity index (χ2n) is 9.03. The van der Waals surface area contributed by atoms with Crippen LogP contribution in [0.2, 0.25) is 0 Å². The van der Waals surface area contributed by atoms with E-state index in [1.807, 2.05) is 24.4 Å². The Morgan fingerprint density at radius 1 is 0.862 bits per heavy atom. The van der Waals surface area contributed by atoms with E-state index in [4.69, 9.17) is 0 Å². The third kappa shape index (κ3) is 6.66. The van der Waals surface area contributed by atoms with Gasteiger partial charge in [0.25, 0.3) is 0 Å². The number of halogens is 1. The largest absolute Gasteiger partial charge is 0.256 e. The summed E-state index contributed by atoms with van der Waals surface area (Å²) < 4.78 is 14.7. The minimum Gasteiger partial charge on any atom is -0.256 e. The first-order valence-electron chi connectivity index (χ1n) is 11.9. The Balaban J connectivity index is 1.48. The van der Waals surface area contributed by atoms with Crippen molar-refractivity contribution < 1.29 is 4.39 Å². The lowest BCUT2D eigenvalue weighted by molar-refractivity contribution is 0.248. The van der Waals surface area contributed by atoms with Crippen molar-refractivity contribution in [1.29, 1.82) is 0 Å². The highest BCUT2D eigenvalue weighted by molar-refractivity contribution is 5.59. The van der Waals surface area contributed by atoms with Crippen molar-refractivity contribution in [3.8, 4) is 11.3 Å². The van der Waals surface area contributed by atoms with Crippen LogP contribution >= 0.6 is 0 Å². The Morgan fingerprint density at radius 3 is 2.24 bits per heavy atom. The molecule has 1 aliphatic carbocycles. The molecule has 2 heteroatoms. The molecule has 1 aromatic carbocycles. The van der Waals surface area contributed by atoms with Gasteiger partial charge in [0, 0.05) is 11.8 Å². The maximum Gasteiger partial charge on any atom is 0.127 e. The molecule has 0 spiro atoms. The third-order valence-electron chi connectivity index (χ3n) is 6.72. The van der Waals surface area contributed by atoms with Gasteiger partial charge < -0.3 is 0 Å². The molecule has 0 atom stereocenters. The number of hydrogen-bond donors (Lipinski definition) is 0. The van der Waals surface area contributed by atoms with Gasteiger partial charge in [0.05, 0.1) is 5.69 Å². The molecule has 1 nitrogen and oxygen atoms in total. The van der Waals surface area contributed by atoms with E-state index in [0.29, 0.717) is 0 Å². The molecule has 2 aromatic rings. The average Bonchev–Trinajstić information content (AvgIpc) is 2.75. The number of pyridine rings is 1. The first kappa shape index (κ1) is 22.0. The number of hydrogen-bond acceptors (Lipinski definition) is 1. The van der Waals surface area contributed by atoms with Gasteiger partial charge in [-0.1, -0.05) is 89.8 Å². The number of nitrogens with zero attached hydrogens (tertiary/aromatic N) is 1. The molecule has 0 bridgehead atoms. The lowest BCUT2D eigenvalue weighted by Crippen LogP contribution is -2.15. The predicted octanol–water partition coefficient (Wildman–Crippen LogP) is 8.16. The zero-order chi connectivity index (χ0) is 20.5. The molecule has 0 aliphatic heterocycles.